The fourth-order valence-electron chi connectivity index (χ4n) is 2.44. The molecule has 0 saturated carbocycles. The molecule has 1 rings (SSSR count). The van der Waals surface area contributed by atoms with Crippen LogP contribution in [-0.2, 0) is 4.79 Å². The number of likely N-dealkylation sites (tertiary alicyclic amines) is 1. The number of carboxylic acids is 1. The number of nitrogens with zero attached hydrogens (tertiary/aromatic N) is 1. The molecule has 1 saturated heterocycles. The highest BCUT2D eigenvalue weighted by atomic mass is 16.4. The number of rotatable bonds is 5. The third-order valence-electron chi connectivity index (χ3n) is 3.74. The molecule has 3 atom stereocenters. The minimum Gasteiger partial charge on any atom is -0.481 e. The van der Waals surface area contributed by atoms with Crippen LogP contribution in [-0.4, -0.2) is 35.1 Å². The van der Waals surface area contributed by atoms with Gasteiger partial charge < -0.3 is 5.11 Å². The minimum atomic E-state index is -0.633. The monoisotopic (exact) mass is 227 g/mol. The van der Waals surface area contributed by atoms with E-state index >= 15 is 0 Å². The molecule has 94 valence electrons. The van der Waals surface area contributed by atoms with E-state index in [0.29, 0.717) is 12.0 Å². The van der Waals surface area contributed by atoms with Crippen LogP contribution in [0.2, 0.25) is 0 Å². The molecule has 16 heavy (non-hydrogen) atoms. The standard InChI is InChI=1S/C13H25NO2/c1-9(2)5-6-11(4)14-7-10(3)12(8-14)13(15)16/h9-12H,5-8H2,1-4H3,(H,15,16)/t10-,11?,12-/m1/s1. The normalized spacial score (nSPS) is 28.6. The second kappa shape index (κ2) is 5.67. The van der Waals surface area contributed by atoms with Crippen molar-refractivity contribution in [3.63, 3.8) is 0 Å². The summed E-state index contributed by atoms with van der Waals surface area (Å²) in [6.07, 6.45) is 2.40. The van der Waals surface area contributed by atoms with Crippen LogP contribution in [0.15, 0.2) is 0 Å². The summed E-state index contributed by atoms with van der Waals surface area (Å²) in [4.78, 5) is 13.4. The number of hydrogen-bond acceptors (Lipinski definition) is 2. The Hall–Kier alpha value is -0.570. The maximum absolute atomic E-state index is 11.0. The Morgan fingerprint density at radius 1 is 1.31 bits per heavy atom. The van der Waals surface area contributed by atoms with E-state index in [1.54, 1.807) is 0 Å². The van der Waals surface area contributed by atoms with Gasteiger partial charge in [-0.2, -0.15) is 0 Å². The van der Waals surface area contributed by atoms with Crippen molar-refractivity contribution in [2.75, 3.05) is 13.1 Å². The lowest BCUT2D eigenvalue weighted by Crippen LogP contribution is -2.32. The Labute approximate surface area is 98.8 Å². The minimum absolute atomic E-state index is 0.165. The van der Waals surface area contributed by atoms with Crippen molar-refractivity contribution in [3.8, 4) is 0 Å². The van der Waals surface area contributed by atoms with E-state index in [-0.39, 0.29) is 5.92 Å². The van der Waals surface area contributed by atoms with Gasteiger partial charge in [-0.05, 0) is 31.6 Å². The van der Waals surface area contributed by atoms with Crippen molar-refractivity contribution in [2.45, 2.75) is 46.6 Å². The summed E-state index contributed by atoms with van der Waals surface area (Å²) in [6.45, 7) is 10.4. The maximum Gasteiger partial charge on any atom is 0.308 e. The summed E-state index contributed by atoms with van der Waals surface area (Å²) in [6, 6.07) is 0.522. The largest absolute Gasteiger partial charge is 0.481 e. The van der Waals surface area contributed by atoms with E-state index in [1.807, 2.05) is 6.92 Å². The Kier molecular flexibility index (Phi) is 4.78. The number of carboxylic acid groups (broad SMARTS) is 1. The van der Waals surface area contributed by atoms with Crippen LogP contribution in [0.5, 0.6) is 0 Å². The zero-order valence-electron chi connectivity index (χ0n) is 10.9. The van der Waals surface area contributed by atoms with Gasteiger partial charge in [0.05, 0.1) is 5.92 Å². The smallest absolute Gasteiger partial charge is 0.308 e. The second-order valence-electron chi connectivity index (χ2n) is 5.70. The Morgan fingerprint density at radius 2 is 1.94 bits per heavy atom. The van der Waals surface area contributed by atoms with E-state index in [4.69, 9.17) is 5.11 Å². The fraction of sp³-hybridized carbons (Fsp3) is 0.923. The summed E-state index contributed by atoms with van der Waals surface area (Å²) in [5.41, 5.74) is 0. The van der Waals surface area contributed by atoms with Crippen molar-refractivity contribution in [1.29, 1.82) is 0 Å². The first-order valence-electron chi connectivity index (χ1n) is 6.38. The van der Waals surface area contributed by atoms with Crippen LogP contribution in [0.4, 0.5) is 0 Å². The van der Waals surface area contributed by atoms with Crippen LogP contribution in [0, 0.1) is 17.8 Å². The summed E-state index contributed by atoms with van der Waals surface area (Å²) in [5.74, 6) is 0.226. The first kappa shape index (κ1) is 13.5. The molecular formula is C13H25NO2. The van der Waals surface area contributed by atoms with E-state index < -0.39 is 5.97 Å². The molecule has 1 N–H and O–H groups in total. The van der Waals surface area contributed by atoms with Gasteiger partial charge in [0.15, 0.2) is 0 Å². The first-order chi connectivity index (χ1) is 7.41. The molecular weight excluding hydrogens is 202 g/mol. The average molecular weight is 227 g/mol. The van der Waals surface area contributed by atoms with Crippen molar-refractivity contribution in [1.82, 2.24) is 4.90 Å². The summed E-state index contributed by atoms with van der Waals surface area (Å²) in [7, 11) is 0. The van der Waals surface area contributed by atoms with Gasteiger partial charge in [0.25, 0.3) is 0 Å². The van der Waals surface area contributed by atoms with Gasteiger partial charge in [0.2, 0.25) is 0 Å². The SMILES string of the molecule is CC(C)CCC(C)N1C[C@@H](C)[C@H](C(=O)O)C1. The van der Waals surface area contributed by atoms with E-state index in [0.717, 1.165) is 19.0 Å². The molecule has 1 fully saturated rings. The second-order valence-corrected chi connectivity index (χ2v) is 5.70. The van der Waals surface area contributed by atoms with Crippen molar-refractivity contribution in [3.05, 3.63) is 0 Å². The third-order valence-corrected chi connectivity index (χ3v) is 3.74. The van der Waals surface area contributed by atoms with E-state index in [1.165, 1.54) is 12.8 Å². The number of carbonyl (C=O) groups is 1. The Morgan fingerprint density at radius 3 is 2.38 bits per heavy atom. The summed E-state index contributed by atoms with van der Waals surface area (Å²) in [5, 5.41) is 9.07. The lowest BCUT2D eigenvalue weighted by atomic mass is 9.99. The lowest BCUT2D eigenvalue weighted by molar-refractivity contribution is -0.142. The van der Waals surface area contributed by atoms with Crippen LogP contribution < -0.4 is 0 Å². The molecule has 0 amide bonds. The molecule has 0 aromatic heterocycles. The summed E-state index contributed by atoms with van der Waals surface area (Å²) < 4.78 is 0. The maximum atomic E-state index is 11.0. The quantitative estimate of drug-likeness (QED) is 0.784. The first-order valence-corrected chi connectivity index (χ1v) is 6.38. The fourth-order valence-corrected chi connectivity index (χ4v) is 2.44. The molecule has 0 aromatic carbocycles. The van der Waals surface area contributed by atoms with Crippen molar-refractivity contribution in [2.24, 2.45) is 17.8 Å². The number of hydrogen-bond donors (Lipinski definition) is 1. The lowest BCUT2D eigenvalue weighted by Gasteiger charge is -2.24. The predicted molar refractivity (Wildman–Crippen MR) is 65.4 cm³/mol. The predicted octanol–water partition coefficient (Wildman–Crippen LogP) is 2.46. The third kappa shape index (κ3) is 3.48. The zero-order chi connectivity index (χ0) is 12.3. The molecule has 0 bridgehead atoms. The Bertz CT molecular complexity index is 240. The molecule has 0 aromatic rings. The van der Waals surface area contributed by atoms with Crippen molar-refractivity contribution >= 4 is 5.97 Å². The highest BCUT2D eigenvalue weighted by molar-refractivity contribution is 5.71. The zero-order valence-corrected chi connectivity index (χ0v) is 10.9. The van der Waals surface area contributed by atoms with Crippen molar-refractivity contribution < 1.29 is 9.90 Å². The van der Waals surface area contributed by atoms with Crippen LogP contribution in [0.3, 0.4) is 0 Å². The molecule has 1 heterocycles. The molecule has 3 heteroatoms. The van der Waals surface area contributed by atoms with Gasteiger partial charge in [0.1, 0.15) is 0 Å². The van der Waals surface area contributed by atoms with Gasteiger partial charge in [-0.15, -0.1) is 0 Å². The van der Waals surface area contributed by atoms with Gasteiger partial charge >= 0.3 is 5.97 Å². The average Bonchev–Trinajstić information content (AvgIpc) is 2.56. The Balaban J connectivity index is 2.42. The van der Waals surface area contributed by atoms with Crippen LogP contribution in [0.1, 0.15) is 40.5 Å². The van der Waals surface area contributed by atoms with Gasteiger partial charge in [0, 0.05) is 19.1 Å². The molecule has 1 aliphatic heterocycles. The molecule has 3 nitrogen and oxygen atoms in total. The molecule has 0 spiro atoms. The van der Waals surface area contributed by atoms with Gasteiger partial charge in [-0.3, -0.25) is 9.69 Å². The van der Waals surface area contributed by atoms with Gasteiger partial charge in [-0.1, -0.05) is 20.8 Å². The molecule has 1 unspecified atom stereocenters. The summed E-state index contributed by atoms with van der Waals surface area (Å²) >= 11 is 0. The topological polar surface area (TPSA) is 40.5 Å². The molecule has 1 aliphatic rings. The van der Waals surface area contributed by atoms with Crippen LogP contribution >= 0.6 is 0 Å². The highest BCUT2D eigenvalue weighted by Crippen LogP contribution is 2.26. The van der Waals surface area contributed by atoms with E-state index in [2.05, 4.69) is 25.7 Å². The highest BCUT2D eigenvalue weighted by Gasteiger charge is 2.36. The molecule has 0 radical (unpaired) electrons. The number of aliphatic carboxylic acids is 1. The molecule has 0 aliphatic carbocycles. The van der Waals surface area contributed by atoms with Crippen LogP contribution in [0.25, 0.3) is 0 Å². The van der Waals surface area contributed by atoms with E-state index in [9.17, 15) is 4.79 Å². The van der Waals surface area contributed by atoms with Gasteiger partial charge in [-0.25, -0.2) is 0 Å².